The van der Waals surface area contributed by atoms with Crippen LogP contribution in [0.15, 0.2) is 11.0 Å². The van der Waals surface area contributed by atoms with Crippen LogP contribution in [0.3, 0.4) is 0 Å². The van der Waals surface area contributed by atoms with Gasteiger partial charge in [-0.2, -0.15) is 0 Å². The molecule has 2 amide bonds. The van der Waals surface area contributed by atoms with Crippen LogP contribution in [0.4, 0.5) is 0 Å². The Labute approximate surface area is 79.2 Å². The van der Waals surface area contributed by atoms with Gasteiger partial charge in [-0.3, -0.25) is 14.5 Å². The monoisotopic (exact) mass is 179 g/mol. The first kappa shape index (κ1) is 10.0. The van der Waals surface area contributed by atoms with E-state index < -0.39 is 5.54 Å². The van der Waals surface area contributed by atoms with Crippen molar-refractivity contribution >= 4 is 19.7 Å². The topological polar surface area (TPSA) is 37.4 Å². The van der Waals surface area contributed by atoms with Crippen molar-refractivity contribution < 1.29 is 9.59 Å². The molecule has 0 bridgehead atoms. The smallest absolute Gasteiger partial charge is 0.256 e. The highest BCUT2D eigenvalue weighted by molar-refractivity contribution is 6.43. The van der Waals surface area contributed by atoms with E-state index in [0.717, 1.165) is 0 Å². The van der Waals surface area contributed by atoms with Crippen molar-refractivity contribution in [1.82, 2.24) is 4.90 Å². The highest BCUT2D eigenvalue weighted by Gasteiger charge is 2.39. The SMILES string of the molecule is BC1=C(C)C(=O)N(C(C)(C)C)C1=O. The fourth-order valence-electron chi connectivity index (χ4n) is 1.36. The molecular formula is C9H14BNO2. The van der Waals surface area contributed by atoms with Crippen molar-refractivity contribution in [2.45, 2.75) is 33.2 Å². The standard InChI is InChI=1S/C9H14BNO2/c1-5-6(10)8(13)11(7(5)12)9(2,3)4/h10H2,1-4H3. The summed E-state index contributed by atoms with van der Waals surface area (Å²) < 4.78 is 0. The molecule has 13 heavy (non-hydrogen) atoms. The molecule has 0 saturated heterocycles. The summed E-state index contributed by atoms with van der Waals surface area (Å²) in [4.78, 5) is 24.6. The Morgan fingerprint density at radius 3 is 1.77 bits per heavy atom. The molecule has 0 aliphatic carbocycles. The van der Waals surface area contributed by atoms with Gasteiger partial charge in [-0.1, -0.05) is 0 Å². The van der Waals surface area contributed by atoms with Crippen molar-refractivity contribution in [3.05, 3.63) is 11.0 Å². The fraction of sp³-hybridized carbons (Fsp3) is 0.556. The highest BCUT2D eigenvalue weighted by Crippen LogP contribution is 2.25. The first-order valence-corrected chi connectivity index (χ1v) is 4.33. The predicted molar refractivity (Wildman–Crippen MR) is 52.9 cm³/mol. The summed E-state index contributed by atoms with van der Waals surface area (Å²) in [5.41, 5.74) is 0.715. The van der Waals surface area contributed by atoms with E-state index in [2.05, 4.69) is 0 Å². The van der Waals surface area contributed by atoms with Crippen LogP contribution in [-0.2, 0) is 9.59 Å². The lowest BCUT2D eigenvalue weighted by Gasteiger charge is -2.30. The van der Waals surface area contributed by atoms with Gasteiger partial charge in [-0.05, 0) is 33.2 Å². The number of amides is 2. The van der Waals surface area contributed by atoms with Crippen LogP contribution >= 0.6 is 0 Å². The molecule has 0 aromatic rings. The Morgan fingerprint density at radius 2 is 1.62 bits per heavy atom. The molecule has 1 aliphatic rings. The van der Waals surface area contributed by atoms with Gasteiger partial charge in [0, 0.05) is 11.1 Å². The first-order valence-electron chi connectivity index (χ1n) is 4.33. The third kappa shape index (κ3) is 1.41. The maximum absolute atomic E-state index is 11.6. The summed E-state index contributed by atoms with van der Waals surface area (Å²) in [5, 5.41) is 0. The average Bonchev–Trinajstić information content (AvgIpc) is 2.14. The van der Waals surface area contributed by atoms with E-state index >= 15 is 0 Å². The second-order valence-electron chi connectivity index (χ2n) is 4.37. The average molecular weight is 179 g/mol. The van der Waals surface area contributed by atoms with E-state index in [1.165, 1.54) is 4.90 Å². The van der Waals surface area contributed by atoms with Crippen molar-refractivity contribution in [2.75, 3.05) is 0 Å². The molecule has 0 aromatic heterocycles. The molecule has 3 nitrogen and oxygen atoms in total. The molecule has 1 heterocycles. The van der Waals surface area contributed by atoms with E-state index in [1.54, 1.807) is 14.8 Å². The van der Waals surface area contributed by atoms with Gasteiger partial charge in [-0.15, -0.1) is 0 Å². The summed E-state index contributed by atoms with van der Waals surface area (Å²) >= 11 is 0. The zero-order chi connectivity index (χ0) is 10.4. The van der Waals surface area contributed by atoms with Crippen LogP contribution in [0.5, 0.6) is 0 Å². The second kappa shape index (κ2) is 2.72. The molecule has 0 fully saturated rings. The minimum atomic E-state index is -0.423. The lowest BCUT2D eigenvalue weighted by molar-refractivity contribution is -0.142. The lowest BCUT2D eigenvalue weighted by Crippen LogP contribution is -2.46. The minimum Gasteiger partial charge on any atom is -0.270 e. The molecule has 1 aliphatic heterocycles. The molecule has 0 atom stereocenters. The van der Waals surface area contributed by atoms with E-state index in [-0.39, 0.29) is 11.8 Å². The van der Waals surface area contributed by atoms with E-state index in [9.17, 15) is 9.59 Å². The third-order valence-electron chi connectivity index (χ3n) is 2.28. The number of carbonyl (C=O) groups is 2. The summed E-state index contributed by atoms with van der Waals surface area (Å²) in [6, 6.07) is 0. The van der Waals surface area contributed by atoms with Gasteiger partial charge in [0.2, 0.25) is 5.91 Å². The van der Waals surface area contributed by atoms with E-state index in [1.807, 2.05) is 20.8 Å². The van der Waals surface area contributed by atoms with Crippen molar-refractivity contribution in [3.8, 4) is 0 Å². The summed E-state index contributed by atoms with van der Waals surface area (Å²) in [7, 11) is 1.70. The second-order valence-corrected chi connectivity index (χ2v) is 4.37. The fourth-order valence-corrected chi connectivity index (χ4v) is 1.36. The van der Waals surface area contributed by atoms with Crippen LogP contribution in [0, 0.1) is 0 Å². The van der Waals surface area contributed by atoms with Crippen LogP contribution in [0.1, 0.15) is 27.7 Å². The van der Waals surface area contributed by atoms with Crippen LogP contribution in [-0.4, -0.2) is 30.1 Å². The van der Waals surface area contributed by atoms with Gasteiger partial charge in [0.25, 0.3) is 5.91 Å². The van der Waals surface area contributed by atoms with Gasteiger partial charge in [0.1, 0.15) is 7.85 Å². The Bertz CT molecular complexity index is 288. The number of imide groups is 1. The Morgan fingerprint density at radius 1 is 1.15 bits per heavy atom. The molecule has 0 N–H and O–H groups in total. The molecule has 0 aromatic carbocycles. The summed E-state index contributed by atoms with van der Waals surface area (Å²) in [6.45, 7) is 7.26. The molecule has 1 rings (SSSR count). The first-order chi connectivity index (χ1) is 5.76. The molecule has 0 unspecified atom stereocenters. The summed E-state index contributed by atoms with van der Waals surface area (Å²) in [5.74, 6) is -0.315. The Balaban J connectivity index is 3.12. The Kier molecular flexibility index (Phi) is 2.10. The molecule has 0 spiro atoms. The molecule has 70 valence electrons. The number of hydrogen-bond acceptors (Lipinski definition) is 2. The number of carbonyl (C=O) groups excluding carboxylic acids is 2. The van der Waals surface area contributed by atoms with Gasteiger partial charge in [0.05, 0.1) is 0 Å². The van der Waals surface area contributed by atoms with Gasteiger partial charge >= 0.3 is 0 Å². The minimum absolute atomic E-state index is 0.157. The maximum atomic E-state index is 11.6. The van der Waals surface area contributed by atoms with Crippen LogP contribution in [0.2, 0.25) is 0 Å². The zero-order valence-corrected chi connectivity index (χ0v) is 8.76. The molecule has 0 saturated carbocycles. The van der Waals surface area contributed by atoms with E-state index in [4.69, 9.17) is 0 Å². The number of rotatable bonds is 0. The lowest BCUT2D eigenvalue weighted by atomic mass is 9.92. The quantitative estimate of drug-likeness (QED) is 0.389. The van der Waals surface area contributed by atoms with Gasteiger partial charge in [0.15, 0.2) is 0 Å². The van der Waals surface area contributed by atoms with E-state index in [0.29, 0.717) is 11.0 Å². The normalized spacial score (nSPS) is 18.9. The predicted octanol–water partition coefficient (Wildman–Crippen LogP) is 0.0608. The summed E-state index contributed by atoms with van der Waals surface area (Å²) in [6.07, 6.45) is 0. The molecule has 4 heteroatoms. The van der Waals surface area contributed by atoms with Crippen molar-refractivity contribution in [2.24, 2.45) is 0 Å². The largest absolute Gasteiger partial charge is 0.270 e. The molecule has 0 radical (unpaired) electrons. The van der Waals surface area contributed by atoms with Gasteiger partial charge in [-0.25, -0.2) is 0 Å². The van der Waals surface area contributed by atoms with Crippen LogP contribution in [0.25, 0.3) is 0 Å². The Hall–Kier alpha value is -1.06. The molecular weight excluding hydrogens is 165 g/mol. The highest BCUT2D eigenvalue weighted by atomic mass is 16.2. The van der Waals surface area contributed by atoms with Crippen LogP contribution < -0.4 is 0 Å². The zero-order valence-electron chi connectivity index (χ0n) is 8.76. The van der Waals surface area contributed by atoms with Gasteiger partial charge < -0.3 is 0 Å². The number of nitrogens with zero attached hydrogens (tertiary/aromatic N) is 1. The third-order valence-corrected chi connectivity index (χ3v) is 2.28. The number of hydrogen-bond donors (Lipinski definition) is 0. The van der Waals surface area contributed by atoms with Crippen molar-refractivity contribution in [1.29, 1.82) is 0 Å². The maximum Gasteiger partial charge on any atom is 0.256 e. The van der Waals surface area contributed by atoms with Crippen molar-refractivity contribution in [3.63, 3.8) is 0 Å².